The molecule has 1 N–H and O–H groups in total. The molecule has 1 saturated heterocycles. The summed E-state index contributed by atoms with van der Waals surface area (Å²) in [4.78, 5) is 2.59. The Morgan fingerprint density at radius 2 is 2.00 bits per heavy atom. The molecule has 1 atom stereocenters. The van der Waals surface area contributed by atoms with Crippen LogP contribution < -0.4 is 0 Å². The summed E-state index contributed by atoms with van der Waals surface area (Å²) in [5.41, 5.74) is 0.609. The predicted octanol–water partition coefficient (Wildman–Crippen LogP) is 2.25. The average molecular weight is 276 g/mol. The molecule has 1 aliphatic carbocycles. The van der Waals surface area contributed by atoms with E-state index in [-0.39, 0.29) is 6.10 Å². The number of rotatable bonds is 4. The highest BCUT2D eigenvalue weighted by molar-refractivity contribution is 9.09. The normalized spacial score (nSPS) is 29.0. The predicted molar refractivity (Wildman–Crippen MR) is 66.3 cm³/mol. The SMILES string of the molecule is CC(O)C1CCN(CC2(CBr)CC2)CC1. The molecular formula is C12H22BrNO. The number of alkyl halides is 1. The van der Waals surface area contributed by atoms with E-state index in [1.54, 1.807) is 0 Å². The zero-order valence-electron chi connectivity index (χ0n) is 9.58. The molecule has 1 saturated carbocycles. The molecule has 0 spiro atoms. The Morgan fingerprint density at radius 1 is 1.40 bits per heavy atom. The molecule has 88 valence electrons. The molecule has 1 aliphatic heterocycles. The largest absolute Gasteiger partial charge is 0.393 e. The Bertz CT molecular complexity index is 208. The minimum absolute atomic E-state index is 0.113. The van der Waals surface area contributed by atoms with E-state index in [1.807, 2.05) is 6.92 Å². The molecular weight excluding hydrogens is 254 g/mol. The van der Waals surface area contributed by atoms with Crippen LogP contribution in [0.25, 0.3) is 0 Å². The smallest absolute Gasteiger partial charge is 0.0541 e. The summed E-state index contributed by atoms with van der Waals surface area (Å²) in [7, 11) is 0. The van der Waals surface area contributed by atoms with Crippen molar-refractivity contribution in [2.75, 3.05) is 25.0 Å². The van der Waals surface area contributed by atoms with Crippen molar-refractivity contribution < 1.29 is 5.11 Å². The first-order chi connectivity index (χ1) is 7.15. The van der Waals surface area contributed by atoms with Gasteiger partial charge in [-0.1, -0.05) is 15.9 Å². The first kappa shape index (κ1) is 11.9. The fourth-order valence-electron chi connectivity index (χ4n) is 2.58. The first-order valence-electron chi connectivity index (χ1n) is 6.12. The maximum atomic E-state index is 9.53. The van der Waals surface area contributed by atoms with E-state index in [0.29, 0.717) is 11.3 Å². The van der Waals surface area contributed by atoms with Gasteiger partial charge in [-0.05, 0) is 57.0 Å². The summed E-state index contributed by atoms with van der Waals surface area (Å²) >= 11 is 3.63. The first-order valence-corrected chi connectivity index (χ1v) is 7.24. The van der Waals surface area contributed by atoms with Gasteiger partial charge in [-0.2, -0.15) is 0 Å². The van der Waals surface area contributed by atoms with Gasteiger partial charge in [0.15, 0.2) is 0 Å². The lowest BCUT2D eigenvalue weighted by molar-refractivity contribution is 0.0662. The number of piperidine rings is 1. The fourth-order valence-corrected chi connectivity index (χ4v) is 3.32. The Hall–Kier alpha value is 0.400. The monoisotopic (exact) mass is 275 g/mol. The number of halogens is 1. The Morgan fingerprint density at radius 3 is 2.40 bits per heavy atom. The molecule has 2 rings (SSSR count). The van der Waals surface area contributed by atoms with Crippen molar-refractivity contribution in [1.29, 1.82) is 0 Å². The number of hydrogen-bond acceptors (Lipinski definition) is 2. The number of likely N-dealkylation sites (tertiary alicyclic amines) is 1. The standard InChI is InChI=1S/C12H22BrNO/c1-10(15)11-2-6-14(7-3-11)9-12(8-13)4-5-12/h10-11,15H,2-9H2,1H3. The van der Waals surface area contributed by atoms with Crippen molar-refractivity contribution in [3.63, 3.8) is 0 Å². The molecule has 0 radical (unpaired) electrons. The minimum atomic E-state index is -0.113. The summed E-state index contributed by atoms with van der Waals surface area (Å²) < 4.78 is 0. The van der Waals surface area contributed by atoms with Crippen molar-refractivity contribution in [3.05, 3.63) is 0 Å². The highest BCUT2D eigenvalue weighted by atomic mass is 79.9. The number of hydrogen-bond donors (Lipinski definition) is 1. The van der Waals surface area contributed by atoms with Crippen LogP contribution in [0, 0.1) is 11.3 Å². The third kappa shape index (κ3) is 2.95. The average Bonchev–Trinajstić information content (AvgIpc) is 2.99. The van der Waals surface area contributed by atoms with Gasteiger partial charge in [0.05, 0.1) is 6.10 Å². The zero-order chi connectivity index (χ0) is 10.9. The molecule has 0 aromatic rings. The highest BCUT2D eigenvalue weighted by Crippen LogP contribution is 2.48. The van der Waals surface area contributed by atoms with Crippen molar-refractivity contribution in [1.82, 2.24) is 4.90 Å². The van der Waals surface area contributed by atoms with Gasteiger partial charge in [-0.15, -0.1) is 0 Å². The van der Waals surface area contributed by atoms with Gasteiger partial charge in [0.1, 0.15) is 0 Å². The lowest BCUT2D eigenvalue weighted by Crippen LogP contribution is -2.40. The minimum Gasteiger partial charge on any atom is -0.393 e. The molecule has 2 nitrogen and oxygen atoms in total. The number of aliphatic hydroxyl groups is 1. The van der Waals surface area contributed by atoms with E-state index < -0.39 is 0 Å². The molecule has 0 bridgehead atoms. The summed E-state index contributed by atoms with van der Waals surface area (Å²) in [6.45, 7) is 5.57. The molecule has 1 unspecified atom stereocenters. The molecule has 0 amide bonds. The molecule has 2 aliphatic rings. The van der Waals surface area contributed by atoms with Crippen molar-refractivity contribution in [3.8, 4) is 0 Å². The topological polar surface area (TPSA) is 23.5 Å². The summed E-state index contributed by atoms with van der Waals surface area (Å²) in [5, 5.41) is 10.7. The van der Waals surface area contributed by atoms with Crippen molar-refractivity contribution >= 4 is 15.9 Å². The second-order valence-corrected chi connectivity index (χ2v) is 6.05. The quantitative estimate of drug-likeness (QED) is 0.796. The Kier molecular flexibility index (Phi) is 3.74. The van der Waals surface area contributed by atoms with Crippen LogP contribution in [0.5, 0.6) is 0 Å². The van der Waals surface area contributed by atoms with Crippen LogP contribution in [0.15, 0.2) is 0 Å². The van der Waals surface area contributed by atoms with Gasteiger partial charge in [0.25, 0.3) is 0 Å². The zero-order valence-corrected chi connectivity index (χ0v) is 11.2. The van der Waals surface area contributed by atoms with E-state index in [2.05, 4.69) is 20.8 Å². The third-order valence-corrected chi connectivity index (χ3v) is 5.30. The van der Waals surface area contributed by atoms with E-state index in [0.717, 1.165) is 5.33 Å². The third-order valence-electron chi connectivity index (χ3n) is 4.11. The van der Waals surface area contributed by atoms with Gasteiger partial charge < -0.3 is 10.0 Å². The summed E-state index contributed by atoms with van der Waals surface area (Å²) in [6.07, 6.45) is 5.04. The molecule has 1 heterocycles. The fraction of sp³-hybridized carbons (Fsp3) is 1.00. The molecule has 0 aromatic heterocycles. The second kappa shape index (κ2) is 4.72. The lowest BCUT2D eigenvalue weighted by atomic mass is 9.91. The van der Waals surface area contributed by atoms with Crippen LogP contribution in [-0.4, -0.2) is 41.1 Å². The van der Waals surface area contributed by atoms with E-state index in [9.17, 15) is 5.11 Å². The van der Waals surface area contributed by atoms with Gasteiger partial charge in [-0.25, -0.2) is 0 Å². The summed E-state index contributed by atoms with van der Waals surface area (Å²) in [5.74, 6) is 0.542. The second-order valence-electron chi connectivity index (χ2n) is 5.49. The van der Waals surface area contributed by atoms with E-state index in [4.69, 9.17) is 0 Å². The van der Waals surface area contributed by atoms with Gasteiger partial charge in [0.2, 0.25) is 0 Å². The molecule has 0 aromatic carbocycles. The molecule has 15 heavy (non-hydrogen) atoms. The van der Waals surface area contributed by atoms with Crippen LogP contribution in [0.4, 0.5) is 0 Å². The van der Waals surface area contributed by atoms with Gasteiger partial charge in [-0.3, -0.25) is 0 Å². The van der Waals surface area contributed by atoms with E-state index >= 15 is 0 Å². The maximum absolute atomic E-state index is 9.53. The Labute approximate surface area is 101 Å². The van der Waals surface area contributed by atoms with Gasteiger partial charge >= 0.3 is 0 Å². The lowest BCUT2D eigenvalue weighted by Gasteiger charge is -2.35. The van der Waals surface area contributed by atoms with Crippen molar-refractivity contribution in [2.45, 2.75) is 38.7 Å². The molecule has 3 heteroatoms. The van der Waals surface area contributed by atoms with Crippen LogP contribution in [0.2, 0.25) is 0 Å². The summed E-state index contributed by atoms with van der Waals surface area (Å²) in [6, 6.07) is 0. The van der Waals surface area contributed by atoms with Crippen LogP contribution in [-0.2, 0) is 0 Å². The van der Waals surface area contributed by atoms with Gasteiger partial charge in [0, 0.05) is 11.9 Å². The van der Waals surface area contributed by atoms with Crippen molar-refractivity contribution in [2.24, 2.45) is 11.3 Å². The molecule has 2 fully saturated rings. The number of aliphatic hydroxyl groups excluding tert-OH is 1. The van der Waals surface area contributed by atoms with Crippen LogP contribution in [0.3, 0.4) is 0 Å². The number of nitrogens with zero attached hydrogens (tertiary/aromatic N) is 1. The highest BCUT2D eigenvalue weighted by Gasteiger charge is 2.43. The van der Waals surface area contributed by atoms with Crippen LogP contribution in [0.1, 0.15) is 32.6 Å². The van der Waals surface area contributed by atoms with E-state index in [1.165, 1.54) is 45.3 Å². The Balaban J connectivity index is 1.74. The van der Waals surface area contributed by atoms with Crippen LogP contribution >= 0.6 is 15.9 Å². The maximum Gasteiger partial charge on any atom is 0.0541 e.